The molecule has 0 saturated carbocycles. The van der Waals surface area contributed by atoms with E-state index in [9.17, 15) is 4.39 Å². The van der Waals surface area contributed by atoms with Crippen LogP contribution in [-0.4, -0.2) is 4.98 Å². The molecule has 1 heterocycles. The molecule has 4 heteroatoms. The SMILES string of the molecule is NCc1cccc2nc(F)oc12. The van der Waals surface area contributed by atoms with Crippen LogP contribution >= 0.6 is 0 Å². The number of nitrogens with zero attached hydrogens (tertiary/aromatic N) is 1. The first-order valence-corrected chi connectivity index (χ1v) is 3.55. The second-order valence-electron chi connectivity index (χ2n) is 2.44. The minimum Gasteiger partial charge on any atom is -0.414 e. The van der Waals surface area contributed by atoms with Crippen molar-refractivity contribution in [2.75, 3.05) is 0 Å². The van der Waals surface area contributed by atoms with E-state index in [1.54, 1.807) is 18.2 Å². The number of rotatable bonds is 1. The van der Waals surface area contributed by atoms with Gasteiger partial charge in [-0.05, 0) is 6.07 Å². The molecular weight excluding hydrogens is 159 g/mol. The van der Waals surface area contributed by atoms with E-state index in [1.165, 1.54) is 0 Å². The topological polar surface area (TPSA) is 52.0 Å². The van der Waals surface area contributed by atoms with Gasteiger partial charge >= 0.3 is 6.14 Å². The van der Waals surface area contributed by atoms with Gasteiger partial charge in [-0.1, -0.05) is 12.1 Å². The number of benzene rings is 1. The van der Waals surface area contributed by atoms with E-state index in [0.717, 1.165) is 5.56 Å². The van der Waals surface area contributed by atoms with Gasteiger partial charge in [-0.15, -0.1) is 4.39 Å². The molecule has 0 saturated heterocycles. The maximum atomic E-state index is 12.5. The Morgan fingerprint density at radius 3 is 3.08 bits per heavy atom. The third-order valence-electron chi connectivity index (χ3n) is 1.69. The first kappa shape index (κ1) is 7.24. The largest absolute Gasteiger partial charge is 0.414 e. The minimum atomic E-state index is -0.814. The molecule has 2 N–H and O–H groups in total. The van der Waals surface area contributed by atoms with Gasteiger partial charge in [0.05, 0.1) is 0 Å². The zero-order valence-electron chi connectivity index (χ0n) is 6.25. The van der Waals surface area contributed by atoms with E-state index in [2.05, 4.69) is 4.98 Å². The Labute approximate surface area is 68.0 Å². The van der Waals surface area contributed by atoms with Gasteiger partial charge in [0.15, 0.2) is 5.58 Å². The fraction of sp³-hybridized carbons (Fsp3) is 0.125. The average molecular weight is 166 g/mol. The standard InChI is InChI=1S/C8H7FN2O/c9-8-11-6-3-1-2-5(4-10)7(6)12-8/h1-3H,4,10H2. The fourth-order valence-corrected chi connectivity index (χ4v) is 1.14. The smallest absolute Gasteiger partial charge is 0.382 e. The van der Waals surface area contributed by atoms with E-state index >= 15 is 0 Å². The summed E-state index contributed by atoms with van der Waals surface area (Å²) in [7, 11) is 0. The summed E-state index contributed by atoms with van der Waals surface area (Å²) in [4.78, 5) is 3.53. The molecule has 0 aliphatic carbocycles. The molecule has 0 aliphatic rings. The second-order valence-corrected chi connectivity index (χ2v) is 2.44. The Kier molecular flexibility index (Phi) is 1.55. The van der Waals surface area contributed by atoms with Gasteiger partial charge in [-0.25, -0.2) is 0 Å². The molecule has 0 unspecified atom stereocenters. The molecule has 62 valence electrons. The maximum Gasteiger partial charge on any atom is 0.382 e. The molecule has 0 radical (unpaired) electrons. The predicted octanol–water partition coefficient (Wildman–Crippen LogP) is 1.43. The zero-order valence-corrected chi connectivity index (χ0v) is 6.25. The Morgan fingerprint density at radius 1 is 1.50 bits per heavy atom. The summed E-state index contributed by atoms with van der Waals surface area (Å²) in [5.74, 6) is 0. The highest BCUT2D eigenvalue weighted by Crippen LogP contribution is 2.18. The molecule has 12 heavy (non-hydrogen) atoms. The van der Waals surface area contributed by atoms with Crippen molar-refractivity contribution in [3.05, 3.63) is 29.9 Å². The Balaban J connectivity index is 2.78. The first-order valence-electron chi connectivity index (χ1n) is 3.55. The van der Waals surface area contributed by atoms with Crippen LogP contribution in [0.2, 0.25) is 0 Å². The second kappa shape index (κ2) is 2.57. The van der Waals surface area contributed by atoms with Crippen molar-refractivity contribution in [3.8, 4) is 0 Å². The molecule has 0 spiro atoms. The highest BCUT2D eigenvalue weighted by Gasteiger charge is 2.07. The number of oxazole rings is 1. The molecule has 0 aliphatic heterocycles. The highest BCUT2D eigenvalue weighted by atomic mass is 19.1. The Morgan fingerprint density at radius 2 is 2.33 bits per heavy atom. The van der Waals surface area contributed by atoms with Crippen molar-refractivity contribution in [3.63, 3.8) is 0 Å². The number of hydrogen-bond donors (Lipinski definition) is 1. The van der Waals surface area contributed by atoms with E-state index < -0.39 is 6.14 Å². The van der Waals surface area contributed by atoms with Crippen LogP contribution in [0.5, 0.6) is 0 Å². The van der Waals surface area contributed by atoms with Crippen LogP contribution in [0.25, 0.3) is 11.1 Å². The normalized spacial score (nSPS) is 10.8. The third-order valence-corrected chi connectivity index (χ3v) is 1.69. The summed E-state index contributed by atoms with van der Waals surface area (Å²) < 4.78 is 17.3. The average Bonchev–Trinajstić information content (AvgIpc) is 2.44. The minimum absolute atomic E-state index is 0.325. The summed E-state index contributed by atoms with van der Waals surface area (Å²) in [6.45, 7) is 0.325. The number of aromatic nitrogens is 1. The number of nitrogens with two attached hydrogens (primary N) is 1. The van der Waals surface area contributed by atoms with Crippen LogP contribution in [0.1, 0.15) is 5.56 Å². The van der Waals surface area contributed by atoms with Crippen LogP contribution in [0.3, 0.4) is 0 Å². The molecule has 2 rings (SSSR count). The van der Waals surface area contributed by atoms with Crippen LogP contribution in [-0.2, 0) is 6.54 Å². The molecule has 0 fully saturated rings. The fourth-order valence-electron chi connectivity index (χ4n) is 1.14. The monoisotopic (exact) mass is 166 g/mol. The van der Waals surface area contributed by atoms with Gasteiger partial charge in [0.2, 0.25) is 0 Å². The van der Waals surface area contributed by atoms with Crippen molar-refractivity contribution in [2.45, 2.75) is 6.54 Å². The Hall–Kier alpha value is -1.42. The van der Waals surface area contributed by atoms with Crippen molar-refractivity contribution in [1.29, 1.82) is 0 Å². The quantitative estimate of drug-likeness (QED) is 0.697. The summed E-state index contributed by atoms with van der Waals surface area (Å²) in [6.07, 6.45) is -0.814. The van der Waals surface area contributed by atoms with Gasteiger partial charge in [0, 0.05) is 12.1 Å². The number of fused-ring (bicyclic) bond motifs is 1. The summed E-state index contributed by atoms with van der Waals surface area (Å²) in [5, 5.41) is 0. The van der Waals surface area contributed by atoms with Crippen LogP contribution < -0.4 is 5.73 Å². The molecule has 0 bridgehead atoms. The number of halogens is 1. The van der Waals surface area contributed by atoms with Crippen molar-refractivity contribution >= 4 is 11.1 Å². The lowest BCUT2D eigenvalue weighted by Crippen LogP contribution is -1.95. The lowest BCUT2D eigenvalue weighted by atomic mass is 10.2. The number of para-hydroxylation sites is 1. The maximum absolute atomic E-state index is 12.5. The lowest BCUT2D eigenvalue weighted by molar-refractivity contribution is 0.354. The van der Waals surface area contributed by atoms with Crippen LogP contribution in [0.15, 0.2) is 22.6 Å². The molecular formula is C8H7FN2O. The zero-order chi connectivity index (χ0) is 8.55. The van der Waals surface area contributed by atoms with E-state index in [4.69, 9.17) is 10.2 Å². The highest BCUT2D eigenvalue weighted by molar-refractivity contribution is 5.75. The molecule has 1 aromatic heterocycles. The van der Waals surface area contributed by atoms with E-state index in [0.29, 0.717) is 17.6 Å². The molecule has 1 aromatic carbocycles. The molecule has 0 amide bonds. The van der Waals surface area contributed by atoms with Gasteiger partial charge in [0.1, 0.15) is 5.52 Å². The van der Waals surface area contributed by atoms with E-state index in [-0.39, 0.29) is 0 Å². The van der Waals surface area contributed by atoms with Crippen LogP contribution in [0, 0.1) is 6.14 Å². The molecule has 0 atom stereocenters. The van der Waals surface area contributed by atoms with Gasteiger partial charge in [-0.2, -0.15) is 4.98 Å². The third kappa shape index (κ3) is 0.967. The van der Waals surface area contributed by atoms with Crippen molar-refractivity contribution in [1.82, 2.24) is 4.98 Å². The first-order chi connectivity index (χ1) is 5.81. The molecule has 2 aromatic rings. The summed E-state index contributed by atoms with van der Waals surface area (Å²) in [5.41, 5.74) is 7.13. The van der Waals surface area contributed by atoms with Crippen molar-refractivity contribution < 1.29 is 8.81 Å². The Bertz CT molecular complexity index is 410. The summed E-state index contributed by atoms with van der Waals surface area (Å²) >= 11 is 0. The number of hydrogen-bond acceptors (Lipinski definition) is 3. The van der Waals surface area contributed by atoms with Gasteiger partial charge in [-0.3, -0.25) is 0 Å². The van der Waals surface area contributed by atoms with Gasteiger partial charge < -0.3 is 10.2 Å². The van der Waals surface area contributed by atoms with Crippen molar-refractivity contribution in [2.24, 2.45) is 5.73 Å². The predicted molar refractivity (Wildman–Crippen MR) is 41.9 cm³/mol. The van der Waals surface area contributed by atoms with Gasteiger partial charge in [0.25, 0.3) is 0 Å². The molecule has 3 nitrogen and oxygen atoms in total. The van der Waals surface area contributed by atoms with Crippen LogP contribution in [0.4, 0.5) is 4.39 Å². The summed E-state index contributed by atoms with van der Waals surface area (Å²) in [6, 6.07) is 5.24. The lowest BCUT2D eigenvalue weighted by Gasteiger charge is -1.93. The van der Waals surface area contributed by atoms with E-state index in [1.807, 2.05) is 0 Å².